The van der Waals surface area contributed by atoms with E-state index in [-0.39, 0.29) is 16.7 Å². The van der Waals surface area contributed by atoms with E-state index in [0.29, 0.717) is 15.6 Å². The second-order valence-corrected chi connectivity index (χ2v) is 4.50. The van der Waals surface area contributed by atoms with Gasteiger partial charge in [0, 0.05) is 6.07 Å². The molecule has 0 saturated carbocycles. The number of aromatic carboxylic acids is 1. The van der Waals surface area contributed by atoms with Crippen LogP contribution in [-0.4, -0.2) is 21.0 Å². The Bertz CT molecular complexity index is 611. The van der Waals surface area contributed by atoms with Crippen molar-refractivity contribution >= 4 is 40.8 Å². The molecule has 1 heterocycles. The van der Waals surface area contributed by atoms with E-state index in [4.69, 9.17) is 39.9 Å². The maximum Gasteiger partial charge on any atom is 0.354 e. The van der Waals surface area contributed by atoms with Gasteiger partial charge in [-0.1, -0.05) is 40.9 Å². The summed E-state index contributed by atoms with van der Waals surface area (Å²) in [6, 6.07) is 6.02. The van der Waals surface area contributed by atoms with E-state index in [1.807, 2.05) is 0 Å². The number of halogens is 3. The van der Waals surface area contributed by atoms with Gasteiger partial charge in [0.2, 0.25) is 0 Å². The summed E-state index contributed by atoms with van der Waals surface area (Å²) in [5.74, 6) is -1.13. The highest BCUT2D eigenvalue weighted by atomic mass is 35.5. The van der Waals surface area contributed by atoms with Crippen LogP contribution in [0.1, 0.15) is 10.5 Å². The number of rotatable bonds is 2. The van der Waals surface area contributed by atoms with Crippen LogP contribution in [0.3, 0.4) is 0 Å². The minimum atomic E-state index is -1.20. The summed E-state index contributed by atoms with van der Waals surface area (Å²) in [5, 5.41) is 9.55. The number of hydrogen-bond donors (Lipinski definition) is 1. The lowest BCUT2D eigenvalue weighted by atomic mass is 10.2. The fourth-order valence-electron chi connectivity index (χ4n) is 1.35. The Kier molecular flexibility index (Phi) is 3.71. The van der Waals surface area contributed by atoms with E-state index in [1.165, 1.54) is 0 Å². The largest absolute Gasteiger partial charge is 0.477 e. The zero-order valence-electron chi connectivity index (χ0n) is 8.69. The van der Waals surface area contributed by atoms with Crippen LogP contribution in [0.4, 0.5) is 0 Å². The van der Waals surface area contributed by atoms with E-state index in [1.54, 1.807) is 18.2 Å². The summed E-state index contributed by atoms with van der Waals surface area (Å²) in [7, 11) is 0. The van der Waals surface area contributed by atoms with Gasteiger partial charge in [0.25, 0.3) is 0 Å². The van der Waals surface area contributed by atoms with Gasteiger partial charge in [-0.15, -0.1) is 0 Å². The van der Waals surface area contributed by atoms with Gasteiger partial charge in [0.05, 0.1) is 15.6 Å². The molecule has 4 nitrogen and oxygen atoms in total. The third-order valence-electron chi connectivity index (χ3n) is 2.10. The lowest BCUT2D eigenvalue weighted by Gasteiger charge is -2.06. The summed E-state index contributed by atoms with van der Waals surface area (Å²) in [5.41, 5.74) is 0.131. The Hall–Kier alpha value is -1.36. The van der Waals surface area contributed by atoms with Gasteiger partial charge < -0.3 is 5.11 Å². The van der Waals surface area contributed by atoms with Gasteiger partial charge in [-0.3, -0.25) is 0 Å². The third-order valence-corrected chi connectivity index (χ3v) is 2.92. The van der Waals surface area contributed by atoms with E-state index in [2.05, 4.69) is 9.97 Å². The highest BCUT2D eigenvalue weighted by molar-refractivity contribution is 6.39. The second kappa shape index (κ2) is 5.10. The van der Waals surface area contributed by atoms with Gasteiger partial charge in [0.1, 0.15) is 5.15 Å². The number of carbonyl (C=O) groups is 1. The molecule has 0 aliphatic heterocycles. The van der Waals surface area contributed by atoms with E-state index in [0.717, 1.165) is 6.07 Å². The molecule has 0 atom stereocenters. The number of carboxylic acids is 1. The van der Waals surface area contributed by atoms with Crippen molar-refractivity contribution in [2.24, 2.45) is 0 Å². The molecule has 0 fully saturated rings. The molecule has 0 bridgehead atoms. The molecule has 0 saturated heterocycles. The van der Waals surface area contributed by atoms with Crippen molar-refractivity contribution in [2.75, 3.05) is 0 Å². The van der Waals surface area contributed by atoms with E-state index in [9.17, 15) is 4.79 Å². The molecule has 2 rings (SSSR count). The van der Waals surface area contributed by atoms with Crippen molar-refractivity contribution in [3.05, 3.63) is 45.2 Å². The number of benzene rings is 1. The Balaban J connectivity index is 2.68. The van der Waals surface area contributed by atoms with Crippen molar-refractivity contribution in [3.8, 4) is 11.4 Å². The molecule has 92 valence electrons. The summed E-state index contributed by atoms with van der Waals surface area (Å²) < 4.78 is 0. The first-order chi connectivity index (χ1) is 8.49. The standard InChI is InChI=1S/C11H5Cl3N2O2/c12-5-2-1-3-6(13)9(5)10-15-7(11(17)18)4-8(14)16-10/h1-4H,(H,17,18). The zero-order chi connectivity index (χ0) is 13.3. The highest BCUT2D eigenvalue weighted by Gasteiger charge is 2.15. The Morgan fingerprint density at radius 1 is 1.11 bits per heavy atom. The van der Waals surface area contributed by atoms with Crippen molar-refractivity contribution in [1.82, 2.24) is 9.97 Å². The maximum atomic E-state index is 10.9. The molecule has 0 spiro atoms. The average molecular weight is 304 g/mol. The van der Waals surface area contributed by atoms with Crippen molar-refractivity contribution < 1.29 is 9.90 Å². The fourth-order valence-corrected chi connectivity index (χ4v) is 2.10. The topological polar surface area (TPSA) is 63.1 Å². The van der Waals surface area contributed by atoms with Crippen LogP contribution in [0.25, 0.3) is 11.4 Å². The molecule has 18 heavy (non-hydrogen) atoms. The number of carboxylic acid groups (broad SMARTS) is 1. The first-order valence-corrected chi connectivity index (χ1v) is 5.84. The molecule has 1 aromatic heterocycles. The lowest BCUT2D eigenvalue weighted by molar-refractivity contribution is 0.0690. The molecular formula is C11H5Cl3N2O2. The third kappa shape index (κ3) is 2.56. The highest BCUT2D eigenvalue weighted by Crippen LogP contribution is 2.32. The van der Waals surface area contributed by atoms with Gasteiger partial charge in [0.15, 0.2) is 11.5 Å². The van der Waals surface area contributed by atoms with Crippen LogP contribution < -0.4 is 0 Å². The van der Waals surface area contributed by atoms with Gasteiger partial charge in [-0.05, 0) is 12.1 Å². The predicted octanol–water partition coefficient (Wildman–Crippen LogP) is 3.80. The first-order valence-electron chi connectivity index (χ1n) is 4.71. The normalized spacial score (nSPS) is 10.4. The minimum absolute atomic E-state index is 0.00777. The zero-order valence-corrected chi connectivity index (χ0v) is 11.0. The van der Waals surface area contributed by atoms with Crippen molar-refractivity contribution in [3.63, 3.8) is 0 Å². The van der Waals surface area contributed by atoms with Crippen LogP contribution in [-0.2, 0) is 0 Å². The quantitative estimate of drug-likeness (QED) is 0.857. The first kappa shape index (κ1) is 13.1. The maximum absolute atomic E-state index is 10.9. The van der Waals surface area contributed by atoms with E-state index >= 15 is 0 Å². The second-order valence-electron chi connectivity index (χ2n) is 3.30. The lowest BCUT2D eigenvalue weighted by Crippen LogP contribution is -2.03. The van der Waals surface area contributed by atoms with Crippen molar-refractivity contribution in [1.29, 1.82) is 0 Å². The number of aromatic nitrogens is 2. The van der Waals surface area contributed by atoms with Gasteiger partial charge in [-0.2, -0.15) is 0 Å². The average Bonchev–Trinajstić information content (AvgIpc) is 2.28. The Labute approximate surface area is 117 Å². The fraction of sp³-hybridized carbons (Fsp3) is 0. The van der Waals surface area contributed by atoms with Crippen LogP contribution in [0, 0.1) is 0 Å². The Morgan fingerprint density at radius 3 is 2.28 bits per heavy atom. The van der Waals surface area contributed by atoms with Gasteiger partial charge in [-0.25, -0.2) is 14.8 Å². The SMILES string of the molecule is O=C(O)c1cc(Cl)nc(-c2c(Cl)cccc2Cl)n1. The van der Waals surface area contributed by atoms with Crippen LogP contribution >= 0.6 is 34.8 Å². The molecule has 0 radical (unpaired) electrons. The summed E-state index contributed by atoms with van der Waals surface area (Å²) in [6.07, 6.45) is 0. The summed E-state index contributed by atoms with van der Waals surface area (Å²) >= 11 is 17.7. The monoisotopic (exact) mass is 302 g/mol. The molecule has 1 aromatic carbocycles. The van der Waals surface area contributed by atoms with E-state index < -0.39 is 5.97 Å². The molecular weight excluding hydrogens is 298 g/mol. The molecule has 1 N–H and O–H groups in total. The molecule has 0 unspecified atom stereocenters. The molecule has 7 heteroatoms. The van der Waals surface area contributed by atoms with Crippen molar-refractivity contribution in [2.45, 2.75) is 0 Å². The smallest absolute Gasteiger partial charge is 0.354 e. The molecule has 0 aliphatic rings. The predicted molar refractivity (Wildman–Crippen MR) is 69.5 cm³/mol. The minimum Gasteiger partial charge on any atom is -0.477 e. The molecule has 0 aliphatic carbocycles. The molecule has 2 aromatic rings. The van der Waals surface area contributed by atoms with Gasteiger partial charge >= 0.3 is 5.97 Å². The van der Waals surface area contributed by atoms with Crippen LogP contribution in [0.5, 0.6) is 0 Å². The molecule has 0 amide bonds. The van der Waals surface area contributed by atoms with Crippen LogP contribution in [0.15, 0.2) is 24.3 Å². The summed E-state index contributed by atoms with van der Waals surface area (Å²) in [4.78, 5) is 18.7. The number of nitrogens with zero attached hydrogens (tertiary/aromatic N) is 2. The van der Waals surface area contributed by atoms with Crippen LogP contribution in [0.2, 0.25) is 15.2 Å². The Morgan fingerprint density at radius 2 is 1.72 bits per heavy atom. The summed E-state index contributed by atoms with van der Waals surface area (Å²) in [6.45, 7) is 0. The number of hydrogen-bond acceptors (Lipinski definition) is 3.